The summed E-state index contributed by atoms with van der Waals surface area (Å²) in [5.74, 6) is 0.147. The number of aryl methyl sites for hydroxylation is 1. The minimum absolute atomic E-state index is 0.147. The van der Waals surface area contributed by atoms with E-state index in [-0.39, 0.29) is 11.9 Å². The summed E-state index contributed by atoms with van der Waals surface area (Å²) in [4.78, 5) is 19.6. The molecule has 2 aliphatic rings. The molecule has 160 valence electrons. The van der Waals surface area contributed by atoms with E-state index >= 15 is 0 Å². The van der Waals surface area contributed by atoms with Crippen LogP contribution in [0.3, 0.4) is 0 Å². The van der Waals surface area contributed by atoms with Gasteiger partial charge >= 0.3 is 0 Å². The second-order valence-corrected chi connectivity index (χ2v) is 8.90. The summed E-state index contributed by atoms with van der Waals surface area (Å²) in [5.41, 5.74) is 3.78. The van der Waals surface area contributed by atoms with E-state index in [1.165, 1.54) is 16.8 Å². The van der Waals surface area contributed by atoms with Crippen LogP contribution in [0.1, 0.15) is 17.5 Å². The van der Waals surface area contributed by atoms with Crippen molar-refractivity contribution in [2.75, 3.05) is 50.7 Å². The summed E-state index contributed by atoms with van der Waals surface area (Å²) >= 11 is 6.18. The molecule has 6 heteroatoms. The molecular formula is C24H31ClN4O. The first-order chi connectivity index (χ1) is 14.6. The Labute approximate surface area is 184 Å². The molecule has 0 saturated carbocycles. The van der Waals surface area contributed by atoms with Gasteiger partial charge in [0.05, 0.1) is 6.54 Å². The minimum Gasteiger partial charge on any atom is -0.369 e. The predicted molar refractivity (Wildman–Crippen MR) is 123 cm³/mol. The topological polar surface area (TPSA) is 38.8 Å². The molecule has 30 heavy (non-hydrogen) atoms. The molecule has 2 aliphatic heterocycles. The number of anilines is 1. The number of halogens is 1. The first kappa shape index (κ1) is 21.2. The molecule has 4 rings (SSSR count). The number of nitrogens with one attached hydrogen (secondary N) is 1. The van der Waals surface area contributed by atoms with Gasteiger partial charge in [0.25, 0.3) is 0 Å². The van der Waals surface area contributed by atoms with Gasteiger partial charge in [0.15, 0.2) is 0 Å². The highest BCUT2D eigenvalue weighted by Crippen LogP contribution is 2.25. The molecular weight excluding hydrogens is 396 g/mol. The number of rotatable bonds is 6. The van der Waals surface area contributed by atoms with Gasteiger partial charge < -0.3 is 10.2 Å². The average molecular weight is 427 g/mol. The fourth-order valence-corrected chi connectivity index (χ4v) is 4.65. The number of benzene rings is 2. The first-order valence-electron chi connectivity index (χ1n) is 10.9. The molecule has 1 N–H and O–H groups in total. The van der Waals surface area contributed by atoms with E-state index in [1.807, 2.05) is 18.2 Å². The zero-order valence-corrected chi connectivity index (χ0v) is 18.4. The van der Waals surface area contributed by atoms with Crippen molar-refractivity contribution in [2.24, 2.45) is 0 Å². The van der Waals surface area contributed by atoms with Gasteiger partial charge in [-0.3, -0.25) is 14.6 Å². The summed E-state index contributed by atoms with van der Waals surface area (Å²) in [5, 5.41) is 4.02. The summed E-state index contributed by atoms with van der Waals surface area (Å²) in [6, 6.07) is 16.8. The average Bonchev–Trinajstić information content (AvgIpc) is 3.17. The Hall–Kier alpha value is -2.08. The van der Waals surface area contributed by atoms with Crippen LogP contribution in [0.15, 0.2) is 48.5 Å². The van der Waals surface area contributed by atoms with E-state index in [0.29, 0.717) is 6.54 Å². The maximum Gasteiger partial charge on any atom is 0.234 e. The Bertz CT molecular complexity index is 852. The third-order valence-corrected chi connectivity index (χ3v) is 6.37. The lowest BCUT2D eigenvalue weighted by molar-refractivity contribution is -0.122. The van der Waals surface area contributed by atoms with Crippen molar-refractivity contribution in [3.8, 4) is 0 Å². The van der Waals surface area contributed by atoms with Crippen LogP contribution < -0.4 is 10.2 Å². The lowest BCUT2D eigenvalue weighted by Gasteiger charge is -2.36. The SMILES string of the molecule is Cc1ccc(Cl)cc1N1CCN(CC(=O)N[C@@H]2CCN(Cc3ccccc3)C2)CC1. The third-order valence-electron chi connectivity index (χ3n) is 6.14. The summed E-state index contributed by atoms with van der Waals surface area (Å²) in [6.07, 6.45) is 1.03. The van der Waals surface area contributed by atoms with Crippen LogP contribution in [0.2, 0.25) is 5.02 Å². The second kappa shape index (κ2) is 9.82. The molecule has 0 spiro atoms. The van der Waals surface area contributed by atoms with Gasteiger partial charge in [0, 0.05) is 62.6 Å². The maximum atomic E-state index is 12.6. The van der Waals surface area contributed by atoms with Crippen molar-refractivity contribution in [1.82, 2.24) is 15.1 Å². The van der Waals surface area contributed by atoms with E-state index in [9.17, 15) is 4.79 Å². The van der Waals surface area contributed by atoms with Crippen LogP contribution in [0.4, 0.5) is 5.69 Å². The van der Waals surface area contributed by atoms with Crippen LogP contribution in [-0.4, -0.2) is 67.6 Å². The molecule has 2 aromatic carbocycles. The third kappa shape index (κ3) is 5.54. The number of hydrogen-bond donors (Lipinski definition) is 1. The number of carbonyl (C=O) groups is 1. The monoisotopic (exact) mass is 426 g/mol. The van der Waals surface area contributed by atoms with Gasteiger partial charge in [0.1, 0.15) is 0 Å². The molecule has 0 bridgehead atoms. The number of likely N-dealkylation sites (tertiary alicyclic amines) is 1. The molecule has 0 aromatic heterocycles. The molecule has 0 aliphatic carbocycles. The largest absolute Gasteiger partial charge is 0.369 e. The molecule has 0 unspecified atom stereocenters. The Morgan fingerprint density at radius 3 is 2.57 bits per heavy atom. The van der Waals surface area contributed by atoms with Crippen LogP contribution >= 0.6 is 11.6 Å². The fourth-order valence-electron chi connectivity index (χ4n) is 4.48. The van der Waals surface area contributed by atoms with E-state index in [0.717, 1.165) is 57.3 Å². The normalized spacial score (nSPS) is 20.5. The van der Waals surface area contributed by atoms with Crippen LogP contribution in [0.25, 0.3) is 0 Å². The van der Waals surface area contributed by atoms with Gasteiger partial charge in [-0.1, -0.05) is 48.0 Å². The van der Waals surface area contributed by atoms with Crippen molar-refractivity contribution in [1.29, 1.82) is 0 Å². The van der Waals surface area contributed by atoms with Gasteiger partial charge in [0.2, 0.25) is 5.91 Å². The highest BCUT2D eigenvalue weighted by Gasteiger charge is 2.25. The Kier molecular flexibility index (Phi) is 6.93. The van der Waals surface area contributed by atoms with E-state index < -0.39 is 0 Å². The van der Waals surface area contributed by atoms with Crippen molar-refractivity contribution in [3.05, 3.63) is 64.7 Å². The summed E-state index contributed by atoms with van der Waals surface area (Å²) < 4.78 is 0. The minimum atomic E-state index is 0.147. The lowest BCUT2D eigenvalue weighted by atomic mass is 10.1. The molecule has 5 nitrogen and oxygen atoms in total. The number of piperazine rings is 1. The van der Waals surface area contributed by atoms with Crippen LogP contribution in [0, 0.1) is 6.92 Å². The zero-order chi connectivity index (χ0) is 20.9. The smallest absolute Gasteiger partial charge is 0.234 e. The second-order valence-electron chi connectivity index (χ2n) is 8.47. The van der Waals surface area contributed by atoms with Crippen LogP contribution in [-0.2, 0) is 11.3 Å². The highest BCUT2D eigenvalue weighted by molar-refractivity contribution is 6.30. The van der Waals surface area contributed by atoms with Crippen molar-refractivity contribution in [3.63, 3.8) is 0 Å². The number of nitrogens with zero attached hydrogens (tertiary/aromatic N) is 3. The van der Waals surface area contributed by atoms with Crippen molar-refractivity contribution in [2.45, 2.75) is 25.9 Å². The van der Waals surface area contributed by atoms with Crippen molar-refractivity contribution >= 4 is 23.2 Å². The molecule has 1 amide bonds. The zero-order valence-electron chi connectivity index (χ0n) is 17.7. The Balaban J connectivity index is 1.20. The van der Waals surface area contributed by atoms with Gasteiger partial charge in [-0.15, -0.1) is 0 Å². The number of hydrogen-bond acceptors (Lipinski definition) is 4. The van der Waals surface area contributed by atoms with Gasteiger partial charge in [-0.05, 0) is 36.6 Å². The summed E-state index contributed by atoms with van der Waals surface area (Å²) in [6.45, 7) is 9.16. The highest BCUT2D eigenvalue weighted by atomic mass is 35.5. The Morgan fingerprint density at radius 2 is 1.80 bits per heavy atom. The van der Waals surface area contributed by atoms with E-state index in [1.54, 1.807) is 0 Å². The molecule has 2 aromatic rings. The van der Waals surface area contributed by atoms with Gasteiger partial charge in [-0.25, -0.2) is 0 Å². The predicted octanol–water partition coefficient (Wildman–Crippen LogP) is 3.16. The molecule has 0 radical (unpaired) electrons. The van der Waals surface area contributed by atoms with Gasteiger partial charge in [-0.2, -0.15) is 0 Å². The summed E-state index contributed by atoms with van der Waals surface area (Å²) in [7, 11) is 0. The molecule has 2 fully saturated rings. The van der Waals surface area contributed by atoms with Crippen LogP contribution in [0.5, 0.6) is 0 Å². The standard InChI is InChI=1S/C24H31ClN4O/c1-19-7-8-21(25)15-23(19)29-13-11-27(12-14-29)18-24(30)26-22-9-10-28(17-22)16-20-5-3-2-4-6-20/h2-8,15,22H,9-14,16-18H2,1H3,(H,26,30)/t22-/m1/s1. The molecule has 1 atom stereocenters. The first-order valence-corrected chi connectivity index (χ1v) is 11.2. The van der Waals surface area contributed by atoms with Crippen molar-refractivity contribution < 1.29 is 4.79 Å². The maximum absolute atomic E-state index is 12.6. The quantitative estimate of drug-likeness (QED) is 0.770. The number of carbonyl (C=O) groups excluding carboxylic acids is 1. The fraction of sp³-hybridized carbons (Fsp3) is 0.458. The Morgan fingerprint density at radius 1 is 1.03 bits per heavy atom. The number of amides is 1. The van der Waals surface area contributed by atoms with E-state index in [4.69, 9.17) is 11.6 Å². The van der Waals surface area contributed by atoms with E-state index in [2.05, 4.69) is 57.3 Å². The lowest BCUT2D eigenvalue weighted by Crippen LogP contribution is -2.51. The molecule has 2 heterocycles. The molecule has 2 saturated heterocycles.